The van der Waals surface area contributed by atoms with Gasteiger partial charge in [-0.1, -0.05) is 29.8 Å². The molecule has 0 spiro atoms. The Morgan fingerprint density at radius 2 is 2.18 bits per heavy atom. The Kier molecular flexibility index (Phi) is 5.24. The lowest BCUT2D eigenvalue weighted by Crippen LogP contribution is -2.35. The highest BCUT2D eigenvalue weighted by Crippen LogP contribution is 2.24. The molecule has 0 bridgehead atoms. The van der Waals surface area contributed by atoms with Gasteiger partial charge < -0.3 is 10.6 Å². The number of rotatable bonds is 3. The predicted octanol–water partition coefficient (Wildman–Crippen LogP) is 2.52. The minimum Gasteiger partial charge on any atom is -0.370 e. The van der Waals surface area contributed by atoms with Gasteiger partial charge in [-0.05, 0) is 25.3 Å². The van der Waals surface area contributed by atoms with Gasteiger partial charge in [0.15, 0.2) is 5.96 Å². The Labute approximate surface area is 120 Å². The van der Waals surface area contributed by atoms with E-state index in [2.05, 4.69) is 41.1 Å². The first-order valence-corrected chi connectivity index (χ1v) is 5.75. The first kappa shape index (κ1) is 14.3. The van der Waals surface area contributed by atoms with Crippen LogP contribution in [0.4, 0.5) is 0 Å². The van der Waals surface area contributed by atoms with E-state index in [-0.39, 0.29) is 24.0 Å². The van der Waals surface area contributed by atoms with E-state index in [4.69, 9.17) is 5.73 Å². The fourth-order valence-electron chi connectivity index (χ4n) is 1.74. The fraction of sp³-hybridized carbons (Fsp3) is 0.462. The molecule has 0 aromatic heterocycles. The van der Waals surface area contributed by atoms with E-state index in [0.717, 1.165) is 0 Å². The van der Waals surface area contributed by atoms with Gasteiger partial charge in [0.2, 0.25) is 0 Å². The van der Waals surface area contributed by atoms with Crippen molar-refractivity contribution < 1.29 is 0 Å². The second kappa shape index (κ2) is 6.23. The summed E-state index contributed by atoms with van der Waals surface area (Å²) in [6, 6.07) is 9.00. The first-order valence-electron chi connectivity index (χ1n) is 5.75. The summed E-state index contributed by atoms with van der Waals surface area (Å²) >= 11 is 0. The molecule has 0 radical (unpaired) electrons. The van der Waals surface area contributed by atoms with Gasteiger partial charge in [-0.3, -0.25) is 0 Å². The van der Waals surface area contributed by atoms with E-state index in [9.17, 15) is 0 Å². The Bertz CT molecular complexity index is 399. The number of hydrogen-bond donors (Lipinski definition) is 1. The molecule has 0 saturated heterocycles. The third-order valence-corrected chi connectivity index (χ3v) is 2.96. The summed E-state index contributed by atoms with van der Waals surface area (Å²) in [5.41, 5.74) is 8.40. The molecule has 0 amide bonds. The van der Waals surface area contributed by atoms with E-state index in [0.29, 0.717) is 18.5 Å². The molecule has 0 unspecified atom stereocenters. The number of aryl methyl sites for hydroxylation is 1. The van der Waals surface area contributed by atoms with Gasteiger partial charge in [0.1, 0.15) is 0 Å². The molecule has 0 aliphatic heterocycles. The normalized spacial score (nSPS) is 15.3. The van der Waals surface area contributed by atoms with Crippen LogP contribution >= 0.6 is 24.0 Å². The highest BCUT2D eigenvalue weighted by molar-refractivity contribution is 14.0. The molecule has 3 nitrogen and oxygen atoms in total. The molecule has 1 aliphatic carbocycles. The van der Waals surface area contributed by atoms with Crippen LogP contribution in [-0.2, 0) is 6.54 Å². The van der Waals surface area contributed by atoms with Gasteiger partial charge in [-0.25, -0.2) is 4.99 Å². The van der Waals surface area contributed by atoms with Gasteiger partial charge in [0.25, 0.3) is 0 Å². The van der Waals surface area contributed by atoms with Crippen LogP contribution in [0, 0.1) is 6.92 Å². The largest absolute Gasteiger partial charge is 0.370 e. The Hall–Kier alpha value is -0.780. The molecule has 17 heavy (non-hydrogen) atoms. The summed E-state index contributed by atoms with van der Waals surface area (Å²) in [5.74, 6) is 0.656. The lowest BCUT2D eigenvalue weighted by atomic mass is 10.1. The van der Waals surface area contributed by atoms with Crippen LogP contribution in [0.2, 0.25) is 0 Å². The van der Waals surface area contributed by atoms with Crippen LogP contribution in [0.15, 0.2) is 29.3 Å². The number of nitrogens with two attached hydrogens (primary N) is 1. The highest BCUT2D eigenvalue weighted by Gasteiger charge is 2.27. The standard InChI is InChI=1S/C13H19N3.HI/c1-10-4-3-5-11(8-10)9-15-13(14)16(2)12-6-7-12;/h3-5,8,12H,6-7,9H2,1-2H3,(H2,14,15);1H. The van der Waals surface area contributed by atoms with Gasteiger partial charge >= 0.3 is 0 Å². The first-order chi connectivity index (χ1) is 7.66. The molecular formula is C13H20IN3. The lowest BCUT2D eigenvalue weighted by molar-refractivity contribution is 0.487. The summed E-state index contributed by atoms with van der Waals surface area (Å²) < 4.78 is 0. The fourth-order valence-corrected chi connectivity index (χ4v) is 1.74. The summed E-state index contributed by atoms with van der Waals surface area (Å²) in [4.78, 5) is 6.50. The lowest BCUT2D eigenvalue weighted by Gasteiger charge is -2.16. The smallest absolute Gasteiger partial charge is 0.191 e. The molecule has 1 aromatic carbocycles. The second-order valence-electron chi connectivity index (χ2n) is 4.51. The van der Waals surface area contributed by atoms with Crippen molar-refractivity contribution >= 4 is 29.9 Å². The number of benzene rings is 1. The van der Waals surface area contributed by atoms with Gasteiger partial charge in [0.05, 0.1) is 6.54 Å². The number of guanidine groups is 1. The van der Waals surface area contributed by atoms with Crippen LogP contribution in [0.3, 0.4) is 0 Å². The summed E-state index contributed by atoms with van der Waals surface area (Å²) in [7, 11) is 2.02. The van der Waals surface area contributed by atoms with Crippen LogP contribution in [0.1, 0.15) is 24.0 Å². The van der Waals surface area contributed by atoms with Crippen molar-refractivity contribution in [2.75, 3.05) is 7.05 Å². The zero-order valence-electron chi connectivity index (χ0n) is 10.4. The maximum absolute atomic E-state index is 5.92. The molecule has 2 N–H and O–H groups in total. The summed E-state index contributed by atoms with van der Waals surface area (Å²) in [5, 5.41) is 0. The average molecular weight is 345 g/mol. The van der Waals surface area contributed by atoms with Crippen LogP contribution in [0.25, 0.3) is 0 Å². The van der Waals surface area contributed by atoms with E-state index in [1.54, 1.807) is 0 Å². The number of nitrogens with zero attached hydrogens (tertiary/aromatic N) is 2. The zero-order chi connectivity index (χ0) is 11.5. The Balaban J connectivity index is 0.00000144. The molecule has 0 heterocycles. The van der Waals surface area contributed by atoms with Crippen molar-refractivity contribution in [3.05, 3.63) is 35.4 Å². The topological polar surface area (TPSA) is 41.6 Å². The van der Waals surface area contributed by atoms with Crippen LogP contribution in [0.5, 0.6) is 0 Å². The van der Waals surface area contributed by atoms with Crippen LogP contribution in [-0.4, -0.2) is 23.9 Å². The average Bonchev–Trinajstić information content (AvgIpc) is 3.09. The van der Waals surface area contributed by atoms with Crippen molar-refractivity contribution in [2.45, 2.75) is 32.4 Å². The molecule has 1 fully saturated rings. The van der Waals surface area contributed by atoms with Gasteiger partial charge in [-0.2, -0.15) is 0 Å². The highest BCUT2D eigenvalue weighted by atomic mass is 127. The Morgan fingerprint density at radius 3 is 2.76 bits per heavy atom. The van der Waals surface area contributed by atoms with Crippen molar-refractivity contribution in [3.8, 4) is 0 Å². The minimum atomic E-state index is 0. The van der Waals surface area contributed by atoms with Crippen molar-refractivity contribution in [3.63, 3.8) is 0 Å². The Morgan fingerprint density at radius 1 is 1.47 bits per heavy atom. The summed E-state index contributed by atoms with van der Waals surface area (Å²) in [6.45, 7) is 2.76. The predicted molar refractivity (Wildman–Crippen MR) is 82.7 cm³/mol. The molecule has 2 rings (SSSR count). The quantitative estimate of drug-likeness (QED) is 0.520. The molecule has 1 aromatic rings. The molecule has 1 saturated carbocycles. The monoisotopic (exact) mass is 345 g/mol. The van der Waals surface area contributed by atoms with E-state index in [1.807, 2.05) is 7.05 Å². The SMILES string of the molecule is Cc1cccc(CN=C(N)N(C)C2CC2)c1.I. The number of halogens is 1. The third-order valence-electron chi connectivity index (χ3n) is 2.96. The third kappa shape index (κ3) is 4.18. The number of aliphatic imine (C=N–C) groups is 1. The molecule has 1 aliphatic rings. The minimum absolute atomic E-state index is 0. The molecule has 0 atom stereocenters. The zero-order valence-corrected chi connectivity index (χ0v) is 12.7. The van der Waals surface area contributed by atoms with E-state index in [1.165, 1.54) is 24.0 Å². The molecule has 4 heteroatoms. The molecular weight excluding hydrogens is 325 g/mol. The molecule has 94 valence electrons. The van der Waals surface area contributed by atoms with Crippen molar-refractivity contribution in [2.24, 2.45) is 10.7 Å². The van der Waals surface area contributed by atoms with Crippen molar-refractivity contribution in [1.29, 1.82) is 0 Å². The number of hydrogen-bond acceptors (Lipinski definition) is 1. The van der Waals surface area contributed by atoms with Crippen LogP contribution < -0.4 is 5.73 Å². The second-order valence-corrected chi connectivity index (χ2v) is 4.51. The van der Waals surface area contributed by atoms with E-state index < -0.39 is 0 Å². The van der Waals surface area contributed by atoms with Gasteiger partial charge in [0, 0.05) is 13.1 Å². The van der Waals surface area contributed by atoms with E-state index >= 15 is 0 Å². The summed E-state index contributed by atoms with van der Waals surface area (Å²) in [6.07, 6.45) is 2.49. The maximum Gasteiger partial charge on any atom is 0.191 e. The van der Waals surface area contributed by atoms with Crippen molar-refractivity contribution in [1.82, 2.24) is 4.90 Å². The maximum atomic E-state index is 5.92. The van der Waals surface area contributed by atoms with Gasteiger partial charge in [-0.15, -0.1) is 24.0 Å².